The molecule has 0 aliphatic rings. The van der Waals surface area contributed by atoms with Crippen molar-refractivity contribution in [3.05, 3.63) is 70.1 Å². The van der Waals surface area contributed by atoms with Crippen molar-refractivity contribution in [3.63, 3.8) is 0 Å². The lowest BCUT2D eigenvalue weighted by atomic mass is 10.2. The molecular weight excluding hydrogens is 392 g/mol. The quantitative estimate of drug-likeness (QED) is 0.417. The van der Waals surface area contributed by atoms with E-state index in [1.165, 1.54) is 6.07 Å². The number of rotatable bonds is 6. The number of methoxy groups -OCH3 is 1. The number of aromatic carboxylic acids is 1. The van der Waals surface area contributed by atoms with Crippen LogP contribution in [0.25, 0.3) is 11.4 Å². The van der Waals surface area contributed by atoms with Crippen LogP contribution in [-0.4, -0.2) is 39.3 Å². The van der Waals surface area contributed by atoms with Gasteiger partial charge in [-0.1, -0.05) is 24.3 Å². The van der Waals surface area contributed by atoms with Gasteiger partial charge in [-0.25, -0.2) is 14.6 Å². The van der Waals surface area contributed by atoms with Crippen molar-refractivity contribution < 1.29 is 24.5 Å². The minimum absolute atomic E-state index is 0.0579. The first-order valence-corrected chi connectivity index (χ1v) is 8.72. The molecule has 10 nitrogen and oxygen atoms in total. The zero-order valence-electron chi connectivity index (χ0n) is 15.8. The Hall–Kier alpha value is -4.34. The molecule has 0 saturated carbocycles. The molecule has 0 saturated heterocycles. The van der Waals surface area contributed by atoms with E-state index in [2.05, 4.69) is 20.6 Å². The second kappa shape index (κ2) is 8.78. The fraction of sp³-hybridized carbons (Fsp3) is 0.100. The monoisotopic (exact) mass is 410 g/mol. The van der Waals surface area contributed by atoms with Gasteiger partial charge in [0, 0.05) is 17.8 Å². The van der Waals surface area contributed by atoms with E-state index in [4.69, 9.17) is 9.84 Å². The van der Waals surface area contributed by atoms with E-state index in [0.29, 0.717) is 23.5 Å². The maximum atomic E-state index is 12.2. The molecule has 0 atom stereocenters. The highest BCUT2D eigenvalue weighted by molar-refractivity contribution is 5.90. The van der Waals surface area contributed by atoms with Gasteiger partial charge in [0.05, 0.1) is 7.11 Å². The predicted molar refractivity (Wildman–Crippen MR) is 108 cm³/mol. The van der Waals surface area contributed by atoms with E-state index in [1.807, 2.05) is 12.1 Å². The number of aromatic nitrogens is 2. The molecule has 0 spiro atoms. The van der Waals surface area contributed by atoms with Gasteiger partial charge in [-0.2, -0.15) is 0 Å². The molecule has 2 amide bonds. The van der Waals surface area contributed by atoms with Crippen LogP contribution in [0.2, 0.25) is 0 Å². The Bertz CT molecular complexity index is 1140. The number of carboxylic acids is 1. The average Bonchev–Trinajstić information content (AvgIpc) is 2.74. The van der Waals surface area contributed by atoms with Crippen molar-refractivity contribution in [3.8, 4) is 22.9 Å². The third-order valence-electron chi connectivity index (χ3n) is 4.10. The van der Waals surface area contributed by atoms with Crippen molar-refractivity contribution in [1.29, 1.82) is 0 Å². The second-order valence-electron chi connectivity index (χ2n) is 6.15. The van der Waals surface area contributed by atoms with E-state index < -0.39 is 29.0 Å². The summed E-state index contributed by atoms with van der Waals surface area (Å²) < 4.78 is 5.08. The number of nitrogens with zero attached hydrogens (tertiary/aromatic N) is 1. The zero-order valence-corrected chi connectivity index (χ0v) is 15.8. The summed E-state index contributed by atoms with van der Waals surface area (Å²) in [6.07, 6.45) is 0. The average molecular weight is 410 g/mol. The standard InChI is InChI=1S/C20H18N4O6/c1-30-14-7-5-11(6-8-14)10-21-20(29)22-13-4-2-3-12(9-13)17-23-15(19(27)28)16(25)18(26)24-17/h2-9,25H,10H2,1H3,(H,27,28)(H2,21,22,29)(H,23,24,26). The molecule has 0 aliphatic carbocycles. The second-order valence-corrected chi connectivity index (χ2v) is 6.15. The fourth-order valence-electron chi connectivity index (χ4n) is 2.60. The van der Waals surface area contributed by atoms with Gasteiger partial charge in [-0.3, -0.25) is 4.79 Å². The topological polar surface area (TPSA) is 154 Å². The Morgan fingerprint density at radius 2 is 1.90 bits per heavy atom. The van der Waals surface area contributed by atoms with Crippen LogP contribution >= 0.6 is 0 Å². The van der Waals surface area contributed by atoms with Gasteiger partial charge < -0.3 is 30.6 Å². The number of aromatic amines is 1. The lowest BCUT2D eigenvalue weighted by molar-refractivity contribution is 0.0686. The SMILES string of the molecule is COc1ccc(CNC(=O)Nc2cccc(-c3nc(C(=O)O)c(O)c(=O)[nH]3)c2)cc1. The Kier molecular flexibility index (Phi) is 5.97. The van der Waals surface area contributed by atoms with Crippen molar-refractivity contribution in [2.24, 2.45) is 0 Å². The van der Waals surface area contributed by atoms with Crippen LogP contribution in [0.5, 0.6) is 11.5 Å². The highest BCUT2D eigenvalue weighted by Crippen LogP contribution is 2.20. The molecule has 0 unspecified atom stereocenters. The molecule has 3 rings (SSSR count). The van der Waals surface area contributed by atoms with Crippen LogP contribution in [-0.2, 0) is 6.54 Å². The molecule has 1 heterocycles. The van der Waals surface area contributed by atoms with E-state index in [1.54, 1.807) is 37.4 Å². The van der Waals surface area contributed by atoms with Gasteiger partial charge in [-0.15, -0.1) is 0 Å². The van der Waals surface area contributed by atoms with Crippen LogP contribution in [0.3, 0.4) is 0 Å². The van der Waals surface area contributed by atoms with Gasteiger partial charge in [0.1, 0.15) is 11.6 Å². The van der Waals surface area contributed by atoms with Gasteiger partial charge in [0.15, 0.2) is 5.69 Å². The van der Waals surface area contributed by atoms with Gasteiger partial charge in [0.25, 0.3) is 5.56 Å². The van der Waals surface area contributed by atoms with Crippen molar-refractivity contribution >= 4 is 17.7 Å². The summed E-state index contributed by atoms with van der Waals surface area (Å²) in [5, 5.41) is 24.0. The minimum atomic E-state index is -1.54. The molecule has 1 aromatic heterocycles. The van der Waals surface area contributed by atoms with E-state index in [0.717, 1.165) is 5.56 Å². The molecule has 0 fully saturated rings. The molecule has 10 heteroatoms. The number of hydrogen-bond acceptors (Lipinski definition) is 6. The molecule has 3 aromatic rings. The van der Waals surface area contributed by atoms with E-state index >= 15 is 0 Å². The number of carbonyl (C=O) groups excluding carboxylic acids is 1. The summed E-state index contributed by atoms with van der Waals surface area (Å²) >= 11 is 0. The fourth-order valence-corrected chi connectivity index (χ4v) is 2.60. The third-order valence-corrected chi connectivity index (χ3v) is 4.10. The number of H-pyrrole nitrogens is 1. The summed E-state index contributed by atoms with van der Waals surface area (Å²) in [5.41, 5.74) is -0.112. The first-order chi connectivity index (χ1) is 14.4. The largest absolute Gasteiger partial charge is 0.501 e. The van der Waals surface area contributed by atoms with Crippen molar-refractivity contribution in [2.75, 3.05) is 12.4 Å². The van der Waals surface area contributed by atoms with Crippen LogP contribution in [0, 0.1) is 0 Å². The molecule has 0 radical (unpaired) electrons. The lowest BCUT2D eigenvalue weighted by Crippen LogP contribution is -2.28. The number of aromatic hydroxyl groups is 1. The van der Waals surface area contributed by atoms with Crippen LogP contribution in [0.1, 0.15) is 16.1 Å². The van der Waals surface area contributed by atoms with Crippen LogP contribution < -0.4 is 20.9 Å². The predicted octanol–water partition coefficient (Wildman–Crippen LogP) is 2.17. The highest BCUT2D eigenvalue weighted by atomic mass is 16.5. The zero-order chi connectivity index (χ0) is 21.7. The van der Waals surface area contributed by atoms with Crippen LogP contribution in [0.15, 0.2) is 53.3 Å². The molecule has 0 aliphatic heterocycles. The molecule has 154 valence electrons. The smallest absolute Gasteiger partial charge is 0.358 e. The number of amides is 2. The number of carbonyl (C=O) groups is 2. The van der Waals surface area contributed by atoms with Crippen molar-refractivity contribution in [2.45, 2.75) is 6.54 Å². The maximum absolute atomic E-state index is 12.2. The molecule has 30 heavy (non-hydrogen) atoms. The number of nitrogens with one attached hydrogen (secondary N) is 3. The minimum Gasteiger partial charge on any atom is -0.501 e. The summed E-state index contributed by atoms with van der Waals surface area (Å²) in [4.78, 5) is 41.2. The highest BCUT2D eigenvalue weighted by Gasteiger charge is 2.17. The molecular formula is C20H18N4O6. The molecule has 5 N–H and O–H groups in total. The number of anilines is 1. The Labute approximate surface area is 170 Å². The number of carboxylic acid groups (broad SMARTS) is 1. The number of ether oxygens (including phenoxy) is 1. The van der Waals surface area contributed by atoms with Gasteiger partial charge >= 0.3 is 12.0 Å². The number of urea groups is 1. The summed E-state index contributed by atoms with van der Waals surface area (Å²) in [5.74, 6) is -1.85. The number of benzene rings is 2. The summed E-state index contributed by atoms with van der Waals surface area (Å²) in [6.45, 7) is 0.296. The van der Waals surface area contributed by atoms with E-state index in [-0.39, 0.29) is 5.82 Å². The van der Waals surface area contributed by atoms with Gasteiger partial charge in [-0.05, 0) is 29.8 Å². The van der Waals surface area contributed by atoms with Crippen molar-refractivity contribution in [1.82, 2.24) is 15.3 Å². The Morgan fingerprint density at radius 3 is 2.57 bits per heavy atom. The maximum Gasteiger partial charge on any atom is 0.358 e. The normalized spacial score (nSPS) is 10.3. The Morgan fingerprint density at radius 1 is 1.17 bits per heavy atom. The summed E-state index contributed by atoms with van der Waals surface area (Å²) in [7, 11) is 1.57. The first kappa shape index (κ1) is 20.4. The summed E-state index contributed by atoms with van der Waals surface area (Å²) in [6, 6.07) is 13.1. The third kappa shape index (κ3) is 4.73. The lowest BCUT2D eigenvalue weighted by Gasteiger charge is -2.10. The van der Waals surface area contributed by atoms with Gasteiger partial charge in [0.2, 0.25) is 5.75 Å². The number of hydrogen-bond donors (Lipinski definition) is 5. The van der Waals surface area contributed by atoms with E-state index in [9.17, 15) is 19.5 Å². The first-order valence-electron chi connectivity index (χ1n) is 8.72. The van der Waals surface area contributed by atoms with Crippen LogP contribution in [0.4, 0.5) is 10.5 Å². The molecule has 0 bridgehead atoms. The molecule has 2 aromatic carbocycles. The Balaban J connectivity index is 1.71.